The Hall–Kier alpha value is -1.17. The van der Waals surface area contributed by atoms with Gasteiger partial charge in [0.25, 0.3) is 0 Å². The number of rotatable bonds is 3. The maximum atomic E-state index is 6.24. The number of nitrogens with two attached hydrogens (primary N) is 1. The first-order valence-electron chi connectivity index (χ1n) is 6.18. The maximum absolute atomic E-state index is 6.24. The normalized spacial score (nSPS) is 12.8. The topological polar surface area (TPSA) is 52.0 Å². The molecule has 3 nitrogen and oxygen atoms in total. The van der Waals surface area contributed by atoms with Crippen molar-refractivity contribution >= 4 is 43.0 Å². The average molecular weight is 396 g/mol. The third-order valence-corrected chi connectivity index (χ3v) is 3.96. The first kappa shape index (κ1) is 13.8. The van der Waals surface area contributed by atoms with E-state index in [1.165, 1.54) is 0 Å². The fourth-order valence-electron chi connectivity index (χ4n) is 2.10. The van der Waals surface area contributed by atoms with Crippen molar-refractivity contribution in [2.24, 2.45) is 5.73 Å². The van der Waals surface area contributed by atoms with Gasteiger partial charge in [-0.25, -0.2) is 4.98 Å². The smallest absolute Gasteiger partial charge is 0.197 e. The van der Waals surface area contributed by atoms with Crippen molar-refractivity contribution in [2.45, 2.75) is 12.5 Å². The molecule has 0 spiro atoms. The highest BCUT2D eigenvalue weighted by atomic mass is 79.9. The zero-order chi connectivity index (χ0) is 14.1. The molecule has 0 aliphatic heterocycles. The first-order valence-corrected chi connectivity index (χ1v) is 7.76. The number of aromatic nitrogens is 1. The van der Waals surface area contributed by atoms with E-state index < -0.39 is 0 Å². The molecular formula is C15H12Br2N2O. The van der Waals surface area contributed by atoms with E-state index in [0.29, 0.717) is 12.3 Å². The minimum absolute atomic E-state index is 0.156. The summed E-state index contributed by atoms with van der Waals surface area (Å²) in [6.45, 7) is 0. The van der Waals surface area contributed by atoms with E-state index in [1.807, 2.05) is 42.5 Å². The van der Waals surface area contributed by atoms with E-state index in [0.717, 1.165) is 25.6 Å². The van der Waals surface area contributed by atoms with Gasteiger partial charge in [-0.3, -0.25) is 0 Å². The molecule has 0 bridgehead atoms. The van der Waals surface area contributed by atoms with Crippen molar-refractivity contribution in [3.63, 3.8) is 0 Å². The molecule has 0 fully saturated rings. The van der Waals surface area contributed by atoms with E-state index in [9.17, 15) is 0 Å². The lowest BCUT2D eigenvalue weighted by molar-refractivity contribution is 0.502. The van der Waals surface area contributed by atoms with Gasteiger partial charge in [-0.15, -0.1) is 0 Å². The number of hydrogen-bond donors (Lipinski definition) is 1. The Balaban J connectivity index is 1.86. The van der Waals surface area contributed by atoms with Gasteiger partial charge in [-0.05, 0) is 35.9 Å². The monoisotopic (exact) mass is 394 g/mol. The summed E-state index contributed by atoms with van der Waals surface area (Å²) in [4.78, 5) is 4.45. The summed E-state index contributed by atoms with van der Waals surface area (Å²) < 4.78 is 7.70. The lowest BCUT2D eigenvalue weighted by Gasteiger charge is -2.10. The third-order valence-electron chi connectivity index (χ3n) is 3.05. The molecule has 0 saturated heterocycles. The molecule has 20 heavy (non-hydrogen) atoms. The van der Waals surface area contributed by atoms with Crippen LogP contribution in [0.3, 0.4) is 0 Å². The molecule has 2 aromatic carbocycles. The molecule has 1 heterocycles. The second kappa shape index (κ2) is 5.68. The van der Waals surface area contributed by atoms with Crippen LogP contribution in [-0.2, 0) is 6.42 Å². The van der Waals surface area contributed by atoms with Gasteiger partial charge < -0.3 is 10.2 Å². The van der Waals surface area contributed by atoms with Gasteiger partial charge in [0.1, 0.15) is 5.52 Å². The van der Waals surface area contributed by atoms with Crippen LogP contribution in [0.25, 0.3) is 11.1 Å². The maximum Gasteiger partial charge on any atom is 0.197 e. The van der Waals surface area contributed by atoms with E-state index in [4.69, 9.17) is 10.2 Å². The Morgan fingerprint density at radius 2 is 1.80 bits per heavy atom. The molecule has 3 aromatic rings. The van der Waals surface area contributed by atoms with Crippen LogP contribution in [0.4, 0.5) is 0 Å². The highest BCUT2D eigenvalue weighted by Gasteiger charge is 2.13. The van der Waals surface area contributed by atoms with Gasteiger partial charge in [-0.1, -0.05) is 44.0 Å². The predicted molar refractivity (Wildman–Crippen MR) is 86.5 cm³/mol. The number of oxazole rings is 1. The van der Waals surface area contributed by atoms with E-state index in [1.54, 1.807) is 0 Å². The largest absolute Gasteiger partial charge is 0.441 e. The van der Waals surface area contributed by atoms with Crippen molar-refractivity contribution in [3.8, 4) is 0 Å². The standard InChI is InChI=1S/C15H12Br2N2O/c16-10-5-9(6-11(17)7-10)12(18)8-15-19-13-3-1-2-4-14(13)20-15/h1-7,12H,8,18H2. The molecule has 1 aromatic heterocycles. The molecule has 102 valence electrons. The first-order chi connectivity index (χ1) is 9.61. The van der Waals surface area contributed by atoms with Gasteiger partial charge in [0, 0.05) is 21.4 Å². The minimum Gasteiger partial charge on any atom is -0.441 e. The van der Waals surface area contributed by atoms with Crippen LogP contribution in [0.15, 0.2) is 55.8 Å². The molecule has 1 atom stereocenters. The van der Waals surface area contributed by atoms with Crippen molar-refractivity contribution in [1.29, 1.82) is 0 Å². The van der Waals surface area contributed by atoms with Crippen LogP contribution < -0.4 is 5.73 Å². The van der Waals surface area contributed by atoms with Crippen LogP contribution in [0.5, 0.6) is 0 Å². The zero-order valence-electron chi connectivity index (χ0n) is 10.5. The molecule has 0 amide bonds. The number of fused-ring (bicyclic) bond motifs is 1. The Morgan fingerprint density at radius 1 is 1.10 bits per heavy atom. The second-order valence-corrected chi connectivity index (χ2v) is 6.42. The molecule has 0 saturated carbocycles. The van der Waals surface area contributed by atoms with E-state index >= 15 is 0 Å². The molecular weight excluding hydrogens is 384 g/mol. The third kappa shape index (κ3) is 2.95. The summed E-state index contributed by atoms with van der Waals surface area (Å²) in [7, 11) is 0. The van der Waals surface area contributed by atoms with Gasteiger partial charge in [0.05, 0.1) is 0 Å². The lowest BCUT2D eigenvalue weighted by Crippen LogP contribution is -2.13. The van der Waals surface area contributed by atoms with Crippen molar-refractivity contribution in [2.75, 3.05) is 0 Å². The summed E-state index contributed by atoms with van der Waals surface area (Å²) in [5, 5.41) is 0. The summed E-state index contributed by atoms with van der Waals surface area (Å²) in [5.74, 6) is 0.662. The molecule has 3 rings (SSSR count). The molecule has 0 radical (unpaired) electrons. The number of halogens is 2. The molecule has 1 unspecified atom stereocenters. The van der Waals surface area contributed by atoms with Crippen molar-refractivity contribution in [3.05, 3.63) is 62.9 Å². The van der Waals surface area contributed by atoms with Crippen LogP contribution in [0.1, 0.15) is 17.5 Å². The number of nitrogens with zero attached hydrogens (tertiary/aromatic N) is 1. The minimum atomic E-state index is -0.156. The van der Waals surface area contributed by atoms with E-state index in [2.05, 4.69) is 36.8 Å². The average Bonchev–Trinajstić information content (AvgIpc) is 2.79. The Kier molecular flexibility index (Phi) is 3.92. The highest BCUT2D eigenvalue weighted by Crippen LogP contribution is 2.25. The summed E-state index contributed by atoms with van der Waals surface area (Å²) >= 11 is 6.94. The van der Waals surface area contributed by atoms with Gasteiger partial charge in [0.15, 0.2) is 11.5 Å². The van der Waals surface area contributed by atoms with Gasteiger partial charge >= 0.3 is 0 Å². The van der Waals surface area contributed by atoms with E-state index in [-0.39, 0.29) is 6.04 Å². The fraction of sp³-hybridized carbons (Fsp3) is 0.133. The quantitative estimate of drug-likeness (QED) is 0.705. The summed E-state index contributed by atoms with van der Waals surface area (Å²) in [6, 6.07) is 13.6. The number of benzene rings is 2. The number of para-hydroxylation sites is 2. The molecule has 0 aliphatic rings. The highest BCUT2D eigenvalue weighted by molar-refractivity contribution is 9.11. The van der Waals surface area contributed by atoms with Crippen LogP contribution >= 0.6 is 31.9 Å². The summed E-state index contributed by atoms with van der Waals surface area (Å²) in [6.07, 6.45) is 0.567. The van der Waals surface area contributed by atoms with Gasteiger partial charge in [0.2, 0.25) is 0 Å². The summed E-state index contributed by atoms with van der Waals surface area (Å²) in [5.41, 5.74) is 8.94. The SMILES string of the molecule is NC(Cc1nc2ccccc2o1)c1cc(Br)cc(Br)c1. The molecule has 2 N–H and O–H groups in total. The van der Waals surface area contributed by atoms with Crippen molar-refractivity contribution in [1.82, 2.24) is 4.98 Å². The number of hydrogen-bond acceptors (Lipinski definition) is 3. The van der Waals surface area contributed by atoms with Gasteiger partial charge in [-0.2, -0.15) is 0 Å². The van der Waals surface area contributed by atoms with Crippen LogP contribution in [0, 0.1) is 0 Å². The Bertz CT molecular complexity index is 701. The predicted octanol–water partition coefficient (Wildman–Crippen LogP) is 4.60. The van der Waals surface area contributed by atoms with Crippen LogP contribution in [-0.4, -0.2) is 4.98 Å². The Labute approximate surface area is 133 Å². The fourth-order valence-corrected chi connectivity index (χ4v) is 3.43. The van der Waals surface area contributed by atoms with Crippen molar-refractivity contribution < 1.29 is 4.42 Å². The van der Waals surface area contributed by atoms with Crippen LogP contribution in [0.2, 0.25) is 0 Å². The molecule has 0 aliphatic carbocycles. The second-order valence-electron chi connectivity index (χ2n) is 4.59. The zero-order valence-corrected chi connectivity index (χ0v) is 13.7. The molecule has 5 heteroatoms. The lowest BCUT2D eigenvalue weighted by atomic mass is 10.1. The Morgan fingerprint density at radius 3 is 2.50 bits per heavy atom.